The molecule has 2 amide bonds. The molecule has 0 saturated heterocycles. The smallest absolute Gasteiger partial charge is 0.422 e. The number of ether oxygens (including phenoxy) is 1. The van der Waals surface area contributed by atoms with Crippen molar-refractivity contribution in [2.75, 3.05) is 25.1 Å². The highest BCUT2D eigenvalue weighted by atomic mass is 19.4. The third kappa shape index (κ3) is 8.82. The second-order valence-electron chi connectivity index (χ2n) is 12.5. The van der Waals surface area contributed by atoms with Gasteiger partial charge in [0.25, 0.3) is 5.91 Å². The van der Waals surface area contributed by atoms with E-state index in [1.165, 1.54) is 10.6 Å². The van der Waals surface area contributed by atoms with Crippen LogP contribution in [-0.4, -0.2) is 63.0 Å². The van der Waals surface area contributed by atoms with Crippen molar-refractivity contribution in [1.29, 1.82) is 0 Å². The summed E-state index contributed by atoms with van der Waals surface area (Å²) in [5, 5.41) is 22.4. The van der Waals surface area contributed by atoms with Crippen LogP contribution in [0.4, 0.5) is 19.1 Å². The first-order chi connectivity index (χ1) is 20.5. The lowest BCUT2D eigenvalue weighted by atomic mass is 9.95. The van der Waals surface area contributed by atoms with E-state index < -0.39 is 30.1 Å². The quantitative estimate of drug-likeness (QED) is 0.257. The van der Waals surface area contributed by atoms with Crippen LogP contribution in [0.25, 0.3) is 16.8 Å². The van der Waals surface area contributed by atoms with Gasteiger partial charge in [-0.05, 0) is 55.2 Å². The van der Waals surface area contributed by atoms with Gasteiger partial charge in [-0.3, -0.25) is 9.59 Å². The lowest BCUT2D eigenvalue weighted by Gasteiger charge is -2.28. The molecular weight excluding hydrogens is 577 g/mol. The molecule has 0 spiro atoms. The average molecular weight is 615 g/mol. The van der Waals surface area contributed by atoms with Crippen LogP contribution in [0.5, 0.6) is 0 Å². The van der Waals surface area contributed by atoms with Crippen LogP contribution in [-0.2, 0) is 9.53 Å². The molecule has 44 heavy (non-hydrogen) atoms. The molecule has 2 heterocycles. The van der Waals surface area contributed by atoms with Gasteiger partial charge in [-0.2, -0.15) is 18.2 Å². The van der Waals surface area contributed by atoms with E-state index in [9.17, 15) is 27.9 Å². The molecule has 10 nitrogen and oxygen atoms in total. The number of allylic oxidation sites excluding steroid dienone is 2. The van der Waals surface area contributed by atoms with Crippen molar-refractivity contribution >= 4 is 23.4 Å². The summed E-state index contributed by atoms with van der Waals surface area (Å²) in [4.78, 5) is 29.8. The molecule has 13 heteroatoms. The fourth-order valence-electron chi connectivity index (χ4n) is 4.26. The highest BCUT2D eigenvalue weighted by Gasteiger charge is 2.32. The molecule has 236 valence electrons. The fraction of sp³-hybridized carbons (Fsp3) is 0.419. The molecule has 1 aliphatic rings. The number of rotatable bonds is 10. The molecule has 4 N–H and O–H groups in total. The van der Waals surface area contributed by atoms with Crippen molar-refractivity contribution in [2.45, 2.75) is 52.8 Å². The number of anilines is 1. The normalized spacial score (nSPS) is 15.8. The van der Waals surface area contributed by atoms with E-state index in [4.69, 9.17) is 4.74 Å². The summed E-state index contributed by atoms with van der Waals surface area (Å²) in [6.07, 6.45) is 0.00953. The maximum absolute atomic E-state index is 13.0. The maximum Gasteiger partial charge on any atom is 0.422 e. The van der Waals surface area contributed by atoms with Gasteiger partial charge in [0.15, 0.2) is 12.3 Å². The summed E-state index contributed by atoms with van der Waals surface area (Å²) in [6.45, 7) is 8.05. The van der Waals surface area contributed by atoms with Crippen molar-refractivity contribution < 1.29 is 32.6 Å². The van der Waals surface area contributed by atoms with Gasteiger partial charge in [0.05, 0.1) is 23.8 Å². The molecule has 1 atom stereocenters. The first-order valence-electron chi connectivity index (χ1n) is 14.1. The molecule has 4 rings (SSSR count). The number of aliphatic hydroxyl groups is 1. The Labute approximate surface area is 253 Å². The Morgan fingerprint density at radius 1 is 1.09 bits per heavy atom. The van der Waals surface area contributed by atoms with Crippen LogP contribution >= 0.6 is 0 Å². The molecule has 3 aromatic rings. The highest BCUT2D eigenvalue weighted by Crippen LogP contribution is 2.29. The van der Waals surface area contributed by atoms with Crippen LogP contribution in [0.3, 0.4) is 0 Å². The third-order valence-electron chi connectivity index (χ3n) is 6.62. The monoisotopic (exact) mass is 614 g/mol. The van der Waals surface area contributed by atoms with Crippen LogP contribution in [0.2, 0.25) is 0 Å². The van der Waals surface area contributed by atoms with Crippen molar-refractivity contribution in [3.8, 4) is 11.1 Å². The van der Waals surface area contributed by atoms with Crippen LogP contribution in [0, 0.1) is 11.3 Å². The Morgan fingerprint density at radius 3 is 2.52 bits per heavy atom. The van der Waals surface area contributed by atoms with Gasteiger partial charge in [0.1, 0.15) is 5.76 Å². The van der Waals surface area contributed by atoms with Gasteiger partial charge < -0.3 is 25.8 Å². The van der Waals surface area contributed by atoms with Gasteiger partial charge in [0.2, 0.25) is 11.9 Å². The molecule has 0 aliphatic heterocycles. The summed E-state index contributed by atoms with van der Waals surface area (Å²) in [7, 11) is 0. The Hall–Kier alpha value is -4.39. The highest BCUT2D eigenvalue weighted by molar-refractivity contribution is 5.95. The summed E-state index contributed by atoms with van der Waals surface area (Å²) >= 11 is 0. The molecule has 1 aromatic carbocycles. The van der Waals surface area contributed by atoms with E-state index in [0.29, 0.717) is 17.8 Å². The zero-order valence-electron chi connectivity index (χ0n) is 25.2. The Bertz CT molecular complexity index is 1590. The largest absolute Gasteiger partial charge is 0.486 e. The number of nitrogens with zero attached hydrogens (tertiary/aromatic N) is 3. The van der Waals surface area contributed by atoms with Gasteiger partial charge >= 0.3 is 6.18 Å². The number of halogens is 3. The SMILES string of the molecule is CC(C)(C)CNC(=O)c1cccc(-c2ccc3nc(NC4=C(OCC(F)(F)F)CC(C(=O)NC(C)(C)CO)C=C4)nn3c2)c1. The zero-order valence-corrected chi connectivity index (χ0v) is 25.2. The number of fused-ring (bicyclic) bond motifs is 1. The van der Waals surface area contributed by atoms with Gasteiger partial charge in [-0.1, -0.05) is 39.0 Å². The minimum atomic E-state index is -4.59. The van der Waals surface area contributed by atoms with E-state index >= 15 is 0 Å². The van der Waals surface area contributed by atoms with Crippen molar-refractivity contribution in [3.63, 3.8) is 0 Å². The van der Waals surface area contributed by atoms with Crippen LogP contribution < -0.4 is 16.0 Å². The molecule has 0 fully saturated rings. The lowest BCUT2D eigenvalue weighted by molar-refractivity contribution is -0.165. The number of amides is 2. The topological polar surface area (TPSA) is 130 Å². The molecular formula is C31H37F3N6O4. The van der Waals surface area contributed by atoms with Crippen molar-refractivity contribution in [2.24, 2.45) is 11.3 Å². The molecule has 0 bridgehead atoms. The van der Waals surface area contributed by atoms with E-state index in [2.05, 4.69) is 26.0 Å². The van der Waals surface area contributed by atoms with Crippen molar-refractivity contribution in [3.05, 3.63) is 71.8 Å². The number of hydrogen-bond donors (Lipinski definition) is 4. The van der Waals surface area contributed by atoms with Gasteiger partial charge in [0, 0.05) is 30.3 Å². The molecule has 0 saturated carbocycles. The standard InChI is InChI=1S/C31H37F3N6O4/c1-29(2,3)16-35-26(42)20-8-6-7-19(13-20)22-10-12-25-37-28(39-40(25)15-22)36-23-11-9-21(27(43)38-30(4,5)17-41)14-24(23)44-18-31(32,33)34/h6-13,15,21,41H,14,16-18H2,1-5H3,(H,35,42)(H,36,39)(H,38,43). The number of aromatic nitrogens is 3. The summed E-state index contributed by atoms with van der Waals surface area (Å²) < 4.78 is 45.7. The summed E-state index contributed by atoms with van der Waals surface area (Å²) in [5.41, 5.74) is 1.77. The number of hydrogen-bond acceptors (Lipinski definition) is 7. The molecule has 1 unspecified atom stereocenters. The predicted molar refractivity (Wildman–Crippen MR) is 159 cm³/mol. The molecule has 0 radical (unpaired) electrons. The Balaban J connectivity index is 1.55. The Morgan fingerprint density at radius 2 is 1.84 bits per heavy atom. The second kappa shape index (κ2) is 12.7. The second-order valence-corrected chi connectivity index (χ2v) is 12.5. The van der Waals surface area contributed by atoms with Crippen LogP contribution in [0.1, 0.15) is 51.4 Å². The van der Waals surface area contributed by atoms with Crippen molar-refractivity contribution in [1.82, 2.24) is 25.2 Å². The number of aliphatic hydroxyl groups excluding tert-OH is 1. The average Bonchev–Trinajstić information content (AvgIpc) is 3.36. The summed E-state index contributed by atoms with van der Waals surface area (Å²) in [5.74, 6) is -1.41. The minimum Gasteiger partial charge on any atom is -0.486 e. The number of carbonyl (C=O) groups excluding carboxylic acids is 2. The minimum absolute atomic E-state index is 0.0559. The van der Waals surface area contributed by atoms with Gasteiger partial charge in [-0.25, -0.2) is 4.52 Å². The summed E-state index contributed by atoms with van der Waals surface area (Å²) in [6, 6.07) is 10.7. The van der Waals surface area contributed by atoms with E-state index in [1.54, 1.807) is 50.4 Å². The maximum atomic E-state index is 13.0. The third-order valence-corrected chi connectivity index (χ3v) is 6.62. The number of carbonyl (C=O) groups is 2. The Kier molecular flexibility index (Phi) is 9.38. The fourth-order valence-corrected chi connectivity index (χ4v) is 4.26. The number of nitrogens with one attached hydrogen (secondary N) is 3. The van der Waals surface area contributed by atoms with E-state index in [-0.39, 0.29) is 41.8 Å². The molecule has 1 aliphatic carbocycles. The van der Waals surface area contributed by atoms with E-state index in [0.717, 1.165) is 11.1 Å². The van der Waals surface area contributed by atoms with E-state index in [1.807, 2.05) is 32.9 Å². The lowest BCUT2D eigenvalue weighted by Crippen LogP contribution is -2.48. The van der Waals surface area contributed by atoms with Gasteiger partial charge in [-0.15, -0.1) is 5.10 Å². The number of alkyl halides is 3. The van der Waals surface area contributed by atoms with Crippen LogP contribution in [0.15, 0.2) is 66.2 Å². The number of benzene rings is 1. The zero-order chi connectivity index (χ0) is 32.3. The predicted octanol–water partition coefficient (Wildman–Crippen LogP) is 4.84. The number of pyridine rings is 1. The first kappa shape index (κ1) is 32.5. The first-order valence-corrected chi connectivity index (χ1v) is 14.1. The molecule has 2 aromatic heterocycles.